The molecule has 7 heavy (non-hydrogen) atoms. The molecular weight excluding hydrogens is 126 g/mol. The predicted molar refractivity (Wildman–Crippen MR) is 14.7 cm³/mol. The van der Waals surface area contributed by atoms with Crippen LogP contribution in [0.5, 0.6) is 0 Å². The number of nitrogens with zero attached hydrogens (tertiary/aromatic N) is 1. The van der Waals surface area contributed by atoms with E-state index in [4.69, 9.17) is 5.21 Å². The lowest BCUT2D eigenvalue weighted by atomic mass is 13.0. The smallest absolute Gasteiger partial charge is 0.264 e. The van der Waals surface area contributed by atoms with Crippen molar-refractivity contribution in [3.8, 4) is 0 Å². The van der Waals surface area contributed by atoms with Gasteiger partial charge in [-0.1, -0.05) is 8.57 Å². The van der Waals surface area contributed by atoms with Gasteiger partial charge in [-0.3, -0.25) is 5.21 Å². The Hall–Kier alpha value is -0.210. The molecule has 1 aliphatic rings. The number of hydrogen-bond acceptors (Lipinski definition) is 6. The fourth-order valence-corrected chi connectivity index (χ4v) is 0.485. The average molecular weight is 127 g/mol. The average Bonchev–Trinajstić information content (AvgIpc) is 1.27. The molecule has 1 fully saturated rings. The van der Waals surface area contributed by atoms with Gasteiger partial charge in [-0.25, -0.2) is 0 Å². The molecule has 0 aliphatic carbocycles. The minimum absolute atomic E-state index is 0.255. The summed E-state index contributed by atoms with van der Waals surface area (Å²) < 4.78 is 26.2. The molecule has 0 aromatic rings. The van der Waals surface area contributed by atoms with Crippen molar-refractivity contribution in [3.63, 3.8) is 0 Å². The maximum Gasteiger partial charge on any atom is 0.440 e. The van der Waals surface area contributed by atoms with Crippen LogP contribution in [-0.4, -0.2) is 19.0 Å². The highest BCUT2D eigenvalue weighted by Crippen LogP contribution is 2.11. The highest BCUT2D eigenvalue weighted by molar-refractivity contribution is 7.82. The molecule has 0 bridgehead atoms. The van der Waals surface area contributed by atoms with Gasteiger partial charge in [0.15, 0.2) is 0 Å². The fraction of sp³-hybridized carbons (Fsp3) is 0. The first kappa shape index (κ1) is 4.94. The van der Waals surface area contributed by atoms with E-state index in [1.54, 1.807) is 0 Å². The Labute approximate surface area is 39.1 Å². The third kappa shape index (κ3) is 0.868. The van der Waals surface area contributed by atoms with Crippen molar-refractivity contribution >= 4 is 10.4 Å². The Morgan fingerprint density at radius 2 is 1.86 bits per heavy atom. The van der Waals surface area contributed by atoms with Crippen molar-refractivity contribution in [2.45, 2.75) is 0 Å². The first-order valence-corrected chi connectivity index (χ1v) is 2.57. The van der Waals surface area contributed by atoms with Crippen LogP contribution in [0.15, 0.2) is 0 Å². The van der Waals surface area contributed by atoms with Crippen LogP contribution in [0.4, 0.5) is 0 Å². The zero-order chi connectivity index (χ0) is 5.49. The van der Waals surface area contributed by atoms with Crippen LogP contribution in [0.3, 0.4) is 0 Å². The van der Waals surface area contributed by atoms with Gasteiger partial charge < -0.3 is 0 Å². The highest BCUT2D eigenvalue weighted by Gasteiger charge is 2.33. The van der Waals surface area contributed by atoms with Crippen molar-refractivity contribution < 1.29 is 22.2 Å². The van der Waals surface area contributed by atoms with Crippen LogP contribution in [0.1, 0.15) is 0 Å². The van der Waals surface area contributed by atoms with E-state index in [9.17, 15) is 8.42 Å². The van der Waals surface area contributed by atoms with E-state index in [2.05, 4.69) is 8.57 Å². The highest BCUT2D eigenvalue weighted by atomic mass is 32.3. The molecule has 1 aliphatic heterocycles. The van der Waals surface area contributed by atoms with Gasteiger partial charge >= 0.3 is 10.4 Å². The summed E-state index contributed by atoms with van der Waals surface area (Å²) in [5.74, 6) is 0. The molecule has 1 rings (SSSR count). The molecule has 0 aromatic carbocycles. The van der Waals surface area contributed by atoms with Gasteiger partial charge in [-0.05, 0) is 0 Å². The molecule has 7 heteroatoms. The summed E-state index contributed by atoms with van der Waals surface area (Å²) in [4.78, 5) is 0. The van der Waals surface area contributed by atoms with Crippen molar-refractivity contribution in [3.05, 3.63) is 0 Å². The van der Waals surface area contributed by atoms with Crippen LogP contribution in [-0.2, 0) is 19.0 Å². The lowest BCUT2D eigenvalue weighted by Gasteiger charge is -2.18. The molecule has 6 nitrogen and oxygen atoms in total. The molecule has 1 N–H and O–H groups in total. The molecule has 1 heterocycles. The van der Waals surface area contributed by atoms with Crippen LogP contribution in [0.25, 0.3) is 0 Å². The molecule has 42 valence electrons. The zero-order valence-corrected chi connectivity index (χ0v) is 3.75. The largest absolute Gasteiger partial charge is 0.440 e. The van der Waals surface area contributed by atoms with Gasteiger partial charge in [-0.2, -0.15) is 8.42 Å². The predicted octanol–water partition coefficient (Wildman–Crippen LogP) is -1.20. The quantitative estimate of drug-likeness (QED) is 0.440. The van der Waals surface area contributed by atoms with Gasteiger partial charge in [-0.15, -0.1) is 0 Å². The minimum Gasteiger partial charge on any atom is -0.264 e. The van der Waals surface area contributed by atoms with E-state index < -0.39 is 10.4 Å². The van der Waals surface area contributed by atoms with E-state index in [-0.39, 0.29) is 5.39 Å². The molecule has 0 aromatic heterocycles. The Bertz CT molecular complexity index is 143. The topological polar surface area (TPSA) is 76.1 Å². The summed E-state index contributed by atoms with van der Waals surface area (Å²) >= 11 is 0. The van der Waals surface area contributed by atoms with E-state index >= 15 is 0 Å². The Morgan fingerprint density at radius 1 is 1.43 bits per heavy atom. The molecule has 0 spiro atoms. The Kier molecular flexibility index (Phi) is 0.805. The number of hydrogen-bond donors (Lipinski definition) is 1. The second-order valence-electron chi connectivity index (χ2n) is 0.795. The first-order valence-electron chi connectivity index (χ1n) is 1.23. The third-order valence-corrected chi connectivity index (χ3v) is 0.930. The summed E-state index contributed by atoms with van der Waals surface area (Å²) in [6.07, 6.45) is 0. The summed E-state index contributed by atoms with van der Waals surface area (Å²) in [6, 6.07) is 0. The lowest BCUT2D eigenvalue weighted by Crippen LogP contribution is -2.38. The van der Waals surface area contributed by atoms with Crippen molar-refractivity contribution in [1.29, 1.82) is 0 Å². The normalized spacial score (nSPS) is 29.3. The van der Waals surface area contributed by atoms with E-state index in [1.165, 1.54) is 0 Å². The lowest BCUT2D eigenvalue weighted by molar-refractivity contribution is -0.482. The molecular formula is HNO5S. The first-order chi connectivity index (χ1) is 3.10. The molecule has 0 radical (unpaired) electrons. The summed E-state index contributed by atoms with van der Waals surface area (Å²) in [5.41, 5.74) is 0. The minimum atomic E-state index is -3.85. The van der Waals surface area contributed by atoms with E-state index in [1.807, 2.05) is 0 Å². The fourth-order valence-electron chi connectivity index (χ4n) is 0.162. The summed E-state index contributed by atoms with van der Waals surface area (Å²) in [5, 5.41) is 7.54. The van der Waals surface area contributed by atoms with Gasteiger partial charge in [0, 0.05) is 0 Å². The van der Waals surface area contributed by atoms with E-state index in [0.29, 0.717) is 0 Å². The van der Waals surface area contributed by atoms with E-state index in [0.717, 1.165) is 0 Å². The van der Waals surface area contributed by atoms with Crippen molar-refractivity contribution in [2.24, 2.45) is 0 Å². The molecule has 0 unspecified atom stereocenters. The number of rotatable bonds is 0. The summed E-state index contributed by atoms with van der Waals surface area (Å²) in [6.45, 7) is 0. The maximum absolute atomic E-state index is 9.65. The molecule has 0 saturated carbocycles. The zero-order valence-electron chi connectivity index (χ0n) is 2.94. The Morgan fingerprint density at radius 3 is 1.86 bits per heavy atom. The van der Waals surface area contributed by atoms with Gasteiger partial charge in [0.05, 0.1) is 0 Å². The van der Waals surface area contributed by atoms with Crippen LogP contribution in [0, 0.1) is 0 Å². The molecule has 1 saturated heterocycles. The SMILES string of the molecule is O=S1(=O)ON(O)O1. The van der Waals surface area contributed by atoms with Crippen LogP contribution >= 0.6 is 0 Å². The molecule has 0 amide bonds. The second kappa shape index (κ2) is 1.14. The van der Waals surface area contributed by atoms with Gasteiger partial charge in [0.2, 0.25) is 0 Å². The Balaban J connectivity index is 2.61. The maximum atomic E-state index is 9.65. The van der Waals surface area contributed by atoms with Crippen LogP contribution < -0.4 is 0 Å². The van der Waals surface area contributed by atoms with Gasteiger partial charge in [0.1, 0.15) is 5.39 Å². The second-order valence-corrected chi connectivity index (χ2v) is 1.91. The van der Waals surface area contributed by atoms with Crippen LogP contribution in [0.2, 0.25) is 0 Å². The monoisotopic (exact) mass is 127 g/mol. The van der Waals surface area contributed by atoms with Crippen molar-refractivity contribution in [2.75, 3.05) is 0 Å². The summed E-state index contributed by atoms with van der Waals surface area (Å²) in [7, 11) is -3.85. The molecule has 0 atom stereocenters. The third-order valence-electron chi connectivity index (χ3n) is 0.310. The standard InChI is InChI=1S/HNO5S/c2-1-5-7(3,4)6-1/h2H. The van der Waals surface area contributed by atoms with Crippen molar-refractivity contribution in [1.82, 2.24) is 5.39 Å². The van der Waals surface area contributed by atoms with Gasteiger partial charge in [0.25, 0.3) is 0 Å².